The largest absolute Gasteiger partial charge is 0.508 e. The molecule has 0 saturated heterocycles. The molecular formula is C10H13NO4. The Balaban J connectivity index is 2.65. The first-order chi connectivity index (χ1) is 7.00. The lowest BCUT2D eigenvalue weighted by Gasteiger charge is -2.07. The van der Waals surface area contributed by atoms with Crippen LogP contribution in [0.15, 0.2) is 18.2 Å². The molecule has 0 heterocycles. The first-order valence-corrected chi connectivity index (χ1v) is 4.50. The van der Waals surface area contributed by atoms with Crippen LogP contribution in [-0.4, -0.2) is 27.3 Å². The maximum Gasteiger partial charge on any atom is 0.320 e. The summed E-state index contributed by atoms with van der Waals surface area (Å²) < 4.78 is 0. The summed E-state index contributed by atoms with van der Waals surface area (Å²) in [5, 5.41) is 27.1. The molecule has 5 N–H and O–H groups in total. The van der Waals surface area contributed by atoms with Crippen molar-refractivity contribution in [2.75, 3.05) is 0 Å². The number of aryl methyl sites for hydroxylation is 1. The Hall–Kier alpha value is -1.75. The lowest BCUT2D eigenvalue weighted by atomic mass is 10.0. The molecule has 5 nitrogen and oxygen atoms in total. The molecule has 0 saturated carbocycles. The van der Waals surface area contributed by atoms with E-state index in [0.29, 0.717) is 12.0 Å². The molecule has 0 spiro atoms. The summed E-state index contributed by atoms with van der Waals surface area (Å²) in [7, 11) is 0. The number of phenolic OH excluding ortho intramolecular Hbond substituents is 2. The van der Waals surface area contributed by atoms with E-state index in [0.717, 1.165) is 0 Å². The van der Waals surface area contributed by atoms with E-state index < -0.39 is 12.0 Å². The zero-order chi connectivity index (χ0) is 11.4. The summed E-state index contributed by atoms with van der Waals surface area (Å²) in [6.07, 6.45) is 0.528. The lowest BCUT2D eigenvalue weighted by molar-refractivity contribution is -0.138. The summed E-state index contributed by atoms with van der Waals surface area (Å²) in [6.45, 7) is 0. The van der Waals surface area contributed by atoms with Gasteiger partial charge in [0.15, 0.2) is 0 Å². The first kappa shape index (κ1) is 11.3. The Labute approximate surface area is 86.8 Å². The number of benzene rings is 1. The average molecular weight is 211 g/mol. The van der Waals surface area contributed by atoms with Gasteiger partial charge in [-0.05, 0) is 36.6 Å². The third-order valence-corrected chi connectivity index (χ3v) is 2.10. The second kappa shape index (κ2) is 4.65. The second-order valence-corrected chi connectivity index (χ2v) is 3.30. The monoisotopic (exact) mass is 211 g/mol. The number of phenols is 2. The highest BCUT2D eigenvalue weighted by Crippen LogP contribution is 2.23. The van der Waals surface area contributed by atoms with Crippen LogP contribution in [0, 0.1) is 0 Å². The standard InChI is InChI=1S/C10H13NO4/c11-8(10(14)15)3-1-6-5-7(12)2-4-9(6)13/h2,4-5,8,12-13H,1,3,11H2,(H,14,15)/t8-/m0/s1. The maximum atomic E-state index is 10.4. The van der Waals surface area contributed by atoms with E-state index in [4.69, 9.17) is 15.9 Å². The molecule has 1 aromatic rings. The smallest absolute Gasteiger partial charge is 0.320 e. The SMILES string of the molecule is N[C@@H](CCc1cc(O)ccc1O)C(=O)O. The van der Waals surface area contributed by atoms with Gasteiger partial charge in [-0.1, -0.05) is 0 Å². The van der Waals surface area contributed by atoms with E-state index >= 15 is 0 Å². The fourth-order valence-corrected chi connectivity index (χ4v) is 1.21. The van der Waals surface area contributed by atoms with Crippen molar-refractivity contribution in [1.82, 2.24) is 0 Å². The molecule has 1 aromatic carbocycles. The van der Waals surface area contributed by atoms with Gasteiger partial charge in [-0.3, -0.25) is 4.79 Å². The van der Waals surface area contributed by atoms with Gasteiger partial charge in [0, 0.05) is 0 Å². The van der Waals surface area contributed by atoms with Crippen LogP contribution in [0.25, 0.3) is 0 Å². The first-order valence-electron chi connectivity index (χ1n) is 4.50. The van der Waals surface area contributed by atoms with E-state index in [1.165, 1.54) is 18.2 Å². The van der Waals surface area contributed by atoms with Gasteiger partial charge in [0.05, 0.1) is 0 Å². The number of carboxylic acid groups (broad SMARTS) is 1. The number of nitrogens with two attached hydrogens (primary N) is 1. The highest BCUT2D eigenvalue weighted by Gasteiger charge is 2.12. The molecule has 5 heteroatoms. The Morgan fingerprint density at radius 1 is 1.40 bits per heavy atom. The van der Waals surface area contributed by atoms with Gasteiger partial charge < -0.3 is 21.1 Å². The van der Waals surface area contributed by atoms with Crippen molar-refractivity contribution in [3.63, 3.8) is 0 Å². The van der Waals surface area contributed by atoms with Gasteiger partial charge >= 0.3 is 5.97 Å². The average Bonchev–Trinajstić information content (AvgIpc) is 2.18. The zero-order valence-corrected chi connectivity index (χ0v) is 8.05. The summed E-state index contributed by atoms with van der Waals surface area (Å²) in [4.78, 5) is 10.4. The van der Waals surface area contributed by atoms with Crippen molar-refractivity contribution in [3.8, 4) is 11.5 Å². The van der Waals surface area contributed by atoms with Crippen molar-refractivity contribution in [2.24, 2.45) is 5.73 Å². The van der Waals surface area contributed by atoms with Gasteiger partial charge in [0.2, 0.25) is 0 Å². The Bertz CT molecular complexity index is 364. The van der Waals surface area contributed by atoms with E-state index in [2.05, 4.69) is 0 Å². The van der Waals surface area contributed by atoms with Crippen LogP contribution >= 0.6 is 0 Å². The fourth-order valence-electron chi connectivity index (χ4n) is 1.21. The van der Waals surface area contributed by atoms with Crippen LogP contribution in [0.3, 0.4) is 0 Å². The summed E-state index contributed by atoms with van der Waals surface area (Å²) in [6, 6.07) is 3.16. The molecule has 0 fully saturated rings. The van der Waals surface area contributed by atoms with Crippen LogP contribution in [-0.2, 0) is 11.2 Å². The summed E-state index contributed by atoms with van der Waals surface area (Å²) in [5.41, 5.74) is 5.80. The van der Waals surface area contributed by atoms with Gasteiger partial charge in [-0.25, -0.2) is 0 Å². The molecule has 1 atom stereocenters. The van der Waals surface area contributed by atoms with Crippen LogP contribution < -0.4 is 5.73 Å². The molecule has 0 aromatic heterocycles. The van der Waals surface area contributed by atoms with Gasteiger partial charge in [-0.15, -0.1) is 0 Å². The third kappa shape index (κ3) is 3.14. The highest BCUT2D eigenvalue weighted by molar-refractivity contribution is 5.73. The van der Waals surface area contributed by atoms with Crippen LogP contribution in [0.5, 0.6) is 11.5 Å². The van der Waals surface area contributed by atoms with Crippen molar-refractivity contribution >= 4 is 5.97 Å². The number of aliphatic carboxylic acids is 1. The lowest BCUT2D eigenvalue weighted by Crippen LogP contribution is -2.30. The topological polar surface area (TPSA) is 104 Å². The molecule has 0 aliphatic heterocycles. The zero-order valence-electron chi connectivity index (χ0n) is 8.05. The van der Waals surface area contributed by atoms with E-state index in [1.54, 1.807) is 0 Å². The van der Waals surface area contributed by atoms with Gasteiger partial charge in [-0.2, -0.15) is 0 Å². The normalized spacial score (nSPS) is 12.3. The molecule has 82 valence electrons. The van der Waals surface area contributed by atoms with Crippen LogP contribution in [0.2, 0.25) is 0 Å². The molecular weight excluding hydrogens is 198 g/mol. The molecule has 0 bridgehead atoms. The third-order valence-electron chi connectivity index (χ3n) is 2.10. The predicted molar refractivity (Wildman–Crippen MR) is 53.7 cm³/mol. The van der Waals surface area contributed by atoms with Crippen molar-refractivity contribution in [2.45, 2.75) is 18.9 Å². The molecule has 0 unspecified atom stereocenters. The number of hydrogen-bond donors (Lipinski definition) is 4. The summed E-state index contributed by atoms with van der Waals surface area (Å²) >= 11 is 0. The Morgan fingerprint density at radius 2 is 2.07 bits per heavy atom. The minimum atomic E-state index is -1.07. The van der Waals surface area contributed by atoms with Crippen molar-refractivity contribution in [3.05, 3.63) is 23.8 Å². The van der Waals surface area contributed by atoms with E-state index in [9.17, 15) is 9.90 Å². The van der Waals surface area contributed by atoms with Gasteiger partial charge in [0.1, 0.15) is 17.5 Å². The molecule has 1 rings (SSSR count). The van der Waals surface area contributed by atoms with Gasteiger partial charge in [0.25, 0.3) is 0 Å². The number of carbonyl (C=O) groups is 1. The number of carboxylic acids is 1. The maximum absolute atomic E-state index is 10.4. The molecule has 0 amide bonds. The summed E-state index contributed by atoms with van der Waals surface area (Å²) in [5.74, 6) is -1.01. The quantitative estimate of drug-likeness (QED) is 0.541. The van der Waals surface area contributed by atoms with Crippen molar-refractivity contribution in [1.29, 1.82) is 0 Å². The van der Waals surface area contributed by atoms with Crippen LogP contribution in [0.1, 0.15) is 12.0 Å². The number of hydrogen-bond acceptors (Lipinski definition) is 4. The van der Waals surface area contributed by atoms with E-state index in [-0.39, 0.29) is 17.9 Å². The minimum absolute atomic E-state index is 0.0328. The van der Waals surface area contributed by atoms with Crippen molar-refractivity contribution < 1.29 is 20.1 Å². The minimum Gasteiger partial charge on any atom is -0.508 e. The fraction of sp³-hybridized carbons (Fsp3) is 0.300. The Morgan fingerprint density at radius 3 is 2.67 bits per heavy atom. The molecule has 0 aliphatic carbocycles. The molecule has 15 heavy (non-hydrogen) atoms. The highest BCUT2D eigenvalue weighted by atomic mass is 16.4. The second-order valence-electron chi connectivity index (χ2n) is 3.30. The predicted octanol–water partition coefficient (Wildman–Crippen LogP) is 0.442. The number of rotatable bonds is 4. The van der Waals surface area contributed by atoms with Crippen LogP contribution in [0.4, 0.5) is 0 Å². The molecule has 0 aliphatic rings. The van der Waals surface area contributed by atoms with E-state index in [1.807, 2.05) is 0 Å². The number of aromatic hydroxyl groups is 2. The molecule has 0 radical (unpaired) electrons. The Kier molecular flexibility index (Phi) is 3.51.